The molecule has 5 fully saturated rings. The SMILES string of the molecule is CCCNCc1cc2cc(c1)C1NCC(C)(O)CC#CC(C3(O)CCCC3)CC3CC(C4CCNC(NC)C4)(CC(=O)c4oc(O)c5c4CCC4C6CCC7(C(=CC(CCO)Cc8ccccc8)OC(=O)C7=C6c6cc(O)ccc6-c6cccc(c6)CNCC2)C54)CC31. The van der Waals surface area contributed by atoms with Crippen molar-refractivity contribution in [3.63, 3.8) is 0 Å². The number of aliphatic hydroxyl groups is 3. The van der Waals surface area contributed by atoms with Crippen molar-refractivity contribution in [2.45, 2.75) is 178 Å². The van der Waals surface area contributed by atoms with Gasteiger partial charge in [-0.1, -0.05) is 104 Å². The average molecular weight is 1260 g/mol. The highest BCUT2D eigenvalue weighted by Gasteiger charge is 2.68. The number of carbonyl (C=O) groups is 2. The molecule has 5 aliphatic heterocycles. The number of fused-ring (bicyclic) bond motifs is 5. The van der Waals surface area contributed by atoms with Crippen LogP contribution in [0.2, 0.25) is 0 Å². The number of esters is 1. The summed E-state index contributed by atoms with van der Waals surface area (Å²) in [6, 6.07) is 31.1. The molecule has 4 aromatic carbocycles. The summed E-state index contributed by atoms with van der Waals surface area (Å²) in [6.07, 6.45) is 14.8. The van der Waals surface area contributed by atoms with Gasteiger partial charge < -0.3 is 61.3 Å². The Bertz CT molecular complexity index is 3740. The number of carbonyl (C=O) groups excluding carboxylic acids is 2. The number of phenols is 1. The average Bonchev–Trinajstić information content (AvgIpc) is 1.60. The number of aliphatic hydroxyl groups excluding tert-OH is 1. The van der Waals surface area contributed by atoms with E-state index in [1.165, 1.54) is 11.1 Å². The molecule has 0 radical (unpaired) electrons. The van der Waals surface area contributed by atoms with E-state index in [0.29, 0.717) is 106 Å². The number of β-amino-alcohol motifs (C(OH)–C–C–N with tert-alkyl or cyclic N) is 1. The van der Waals surface area contributed by atoms with Gasteiger partial charge in [0.1, 0.15) is 11.5 Å². The molecule has 6 aliphatic carbocycles. The van der Waals surface area contributed by atoms with Gasteiger partial charge >= 0.3 is 5.97 Å². The topological polar surface area (TPSA) is 218 Å². The Morgan fingerprint density at radius 1 is 0.849 bits per heavy atom. The summed E-state index contributed by atoms with van der Waals surface area (Å²) in [4.78, 5) is 32.0. The Balaban J connectivity index is 0.961. The van der Waals surface area contributed by atoms with E-state index in [4.69, 9.17) is 9.15 Å². The highest BCUT2D eigenvalue weighted by molar-refractivity contribution is 6.07. The summed E-state index contributed by atoms with van der Waals surface area (Å²) in [5, 5.41) is 79.2. The quantitative estimate of drug-likeness (QED) is 0.0319. The Morgan fingerprint density at radius 3 is 2.52 bits per heavy atom. The van der Waals surface area contributed by atoms with E-state index in [2.05, 4.69) is 106 Å². The van der Waals surface area contributed by atoms with Crippen molar-refractivity contribution < 1.29 is 44.3 Å². The second kappa shape index (κ2) is 26.3. The molecule has 5 aromatic rings. The van der Waals surface area contributed by atoms with Crippen LogP contribution < -0.4 is 26.6 Å². The molecule has 1 spiro atoms. The number of hydrogen-bond acceptors (Lipinski definition) is 14. The molecule has 3 saturated carbocycles. The molecular weight excluding hydrogens is 1160 g/mol. The third kappa shape index (κ3) is 12.2. The summed E-state index contributed by atoms with van der Waals surface area (Å²) >= 11 is 0. The molecule has 492 valence electrons. The van der Waals surface area contributed by atoms with Crippen molar-refractivity contribution in [1.82, 2.24) is 26.6 Å². The van der Waals surface area contributed by atoms with E-state index in [9.17, 15) is 25.5 Å². The summed E-state index contributed by atoms with van der Waals surface area (Å²) < 4.78 is 13.5. The van der Waals surface area contributed by atoms with Crippen LogP contribution in [0.4, 0.5) is 0 Å². The number of phenolic OH excluding ortho intramolecular Hbond substituents is 1. The van der Waals surface area contributed by atoms with Gasteiger partial charge in [0.15, 0.2) is 11.5 Å². The minimum absolute atomic E-state index is 0.0242. The van der Waals surface area contributed by atoms with Gasteiger partial charge in [-0.25, -0.2) is 4.79 Å². The van der Waals surface area contributed by atoms with Gasteiger partial charge in [-0.2, -0.15) is 0 Å². The number of cyclic esters (lactones) is 1. The van der Waals surface area contributed by atoms with E-state index in [1.807, 2.05) is 44.3 Å². The summed E-state index contributed by atoms with van der Waals surface area (Å²) in [7, 11) is 2.00. The highest BCUT2D eigenvalue weighted by Crippen LogP contribution is 2.74. The monoisotopic (exact) mass is 1260 g/mol. The second-order valence-corrected chi connectivity index (χ2v) is 30.0. The number of ketones is 1. The molecule has 2 saturated heterocycles. The number of piperidine rings is 1. The zero-order valence-corrected chi connectivity index (χ0v) is 54.8. The van der Waals surface area contributed by atoms with Gasteiger partial charge in [-0.15, -0.1) is 0 Å². The first-order valence-electron chi connectivity index (χ1n) is 35.4. The van der Waals surface area contributed by atoms with Crippen LogP contribution >= 0.6 is 0 Å². The lowest BCUT2D eigenvalue weighted by molar-refractivity contribution is -0.132. The Kier molecular flexibility index (Phi) is 18.1. The number of rotatable bonds is 12. The predicted octanol–water partition coefficient (Wildman–Crippen LogP) is 11.6. The molecule has 14 nitrogen and oxygen atoms in total. The fourth-order valence-electron chi connectivity index (χ4n) is 19.8. The zero-order valence-electron chi connectivity index (χ0n) is 54.8. The molecule has 10 N–H and O–H groups in total. The van der Waals surface area contributed by atoms with Gasteiger partial charge in [0.05, 0.1) is 28.4 Å². The third-order valence-electron chi connectivity index (χ3n) is 24.0. The smallest absolute Gasteiger partial charge is 0.340 e. The number of furan rings is 1. The molecule has 14 bridgehead atoms. The number of aromatic hydroxyl groups is 2. The van der Waals surface area contributed by atoms with Crippen LogP contribution in [0.3, 0.4) is 0 Å². The standard InChI is InChI=1S/C79H97N5O9/c1-4-29-81-46-52-34-49-22-30-82-45-51-14-10-15-53(36-51)59-18-17-58(86)41-63(59)68-60-21-28-79(66(92-75(89)71(68)79)38-50(24-32-85)33-48-12-6-5-7-13-48)70-61(60)19-20-62-69(70)74(88)93-73(62)65(87)44-77(56-23-31-83-67(40-56)80-3)42-55-39-57(78(91)26-8-9-27-78)16-11-25-76(2,90)47-84-72(64(55)43-77)54(35-49)37-52/h5-7,10,12-15,17-18,34-38,41,50,55-57,60-61,64,67,70,72,80-86,88,90-91H,4,8-9,19-33,39-40,42-47H2,1-3H3. The molecule has 16 rings (SSSR count). The van der Waals surface area contributed by atoms with E-state index < -0.39 is 33.9 Å². The largest absolute Gasteiger partial charge is 0.508 e. The summed E-state index contributed by atoms with van der Waals surface area (Å²) in [5.41, 5.74) is 7.35. The van der Waals surface area contributed by atoms with Crippen molar-refractivity contribution in [3.8, 4) is 34.7 Å². The normalized spacial score (nSPS) is 32.2. The summed E-state index contributed by atoms with van der Waals surface area (Å²) in [5.74, 6) is 5.85. The maximum Gasteiger partial charge on any atom is 0.340 e. The van der Waals surface area contributed by atoms with Crippen molar-refractivity contribution in [2.75, 3.05) is 39.8 Å². The zero-order chi connectivity index (χ0) is 64.2. The first kappa shape index (κ1) is 64.0. The molecule has 93 heavy (non-hydrogen) atoms. The summed E-state index contributed by atoms with van der Waals surface area (Å²) in [6.45, 7) is 7.98. The van der Waals surface area contributed by atoms with E-state index >= 15 is 9.59 Å². The fraction of sp³-hybridized carbons (Fsp3) is 0.544. The lowest BCUT2D eigenvalue weighted by Gasteiger charge is -2.56. The minimum atomic E-state index is -1.17. The molecule has 13 atom stereocenters. The highest BCUT2D eigenvalue weighted by atomic mass is 16.5. The number of nitrogens with one attached hydrogen (secondary N) is 5. The van der Waals surface area contributed by atoms with Crippen LogP contribution in [0.25, 0.3) is 16.7 Å². The van der Waals surface area contributed by atoms with Crippen molar-refractivity contribution in [1.29, 1.82) is 0 Å². The second-order valence-electron chi connectivity index (χ2n) is 30.0. The lowest BCUT2D eigenvalue weighted by atomic mass is 9.44. The van der Waals surface area contributed by atoms with Crippen LogP contribution in [0, 0.1) is 64.1 Å². The van der Waals surface area contributed by atoms with Gasteiger partial charge in [0.25, 0.3) is 5.95 Å². The molecular formula is C79H97N5O9. The van der Waals surface area contributed by atoms with Gasteiger partial charge in [0.2, 0.25) is 0 Å². The molecule has 1 aromatic heterocycles. The number of hydrogen-bond donors (Lipinski definition) is 10. The lowest BCUT2D eigenvalue weighted by Crippen LogP contribution is -2.50. The molecule has 14 heteroatoms. The molecule has 6 heterocycles. The fourth-order valence-corrected chi connectivity index (χ4v) is 19.8. The first-order valence-corrected chi connectivity index (χ1v) is 35.4. The van der Waals surface area contributed by atoms with E-state index in [1.54, 1.807) is 6.07 Å². The minimum Gasteiger partial charge on any atom is -0.508 e. The number of allylic oxidation sites excluding steroid dienone is 3. The van der Waals surface area contributed by atoms with Crippen molar-refractivity contribution >= 4 is 17.3 Å². The first-order chi connectivity index (χ1) is 45.1. The molecule has 13 unspecified atom stereocenters. The van der Waals surface area contributed by atoms with Crippen LogP contribution in [-0.4, -0.2) is 94.5 Å². The van der Waals surface area contributed by atoms with Crippen molar-refractivity contribution in [2.24, 2.45) is 52.3 Å². The number of Topliss-reactive ketones (excluding diaryl/α,β-unsaturated/α-hetero) is 1. The van der Waals surface area contributed by atoms with E-state index in [0.717, 1.165) is 103 Å². The Morgan fingerprint density at radius 2 is 1.70 bits per heavy atom. The van der Waals surface area contributed by atoms with Gasteiger partial charge in [-0.3, -0.25) is 4.79 Å². The number of ether oxygens (including phenoxy) is 1. The third-order valence-corrected chi connectivity index (χ3v) is 24.0. The predicted molar refractivity (Wildman–Crippen MR) is 360 cm³/mol. The Labute approximate surface area is 549 Å². The van der Waals surface area contributed by atoms with Crippen LogP contribution in [0.15, 0.2) is 113 Å². The number of benzene rings is 4. The van der Waals surface area contributed by atoms with Crippen LogP contribution in [0.1, 0.15) is 184 Å². The molecule has 11 aliphatic rings. The maximum absolute atomic E-state index is 16.4. The van der Waals surface area contributed by atoms with Gasteiger partial charge in [0, 0.05) is 68.1 Å². The Hall–Kier alpha value is -6.38. The van der Waals surface area contributed by atoms with Gasteiger partial charge in [-0.05, 0) is 245 Å². The van der Waals surface area contributed by atoms with Crippen LogP contribution in [0.5, 0.6) is 11.7 Å². The molecule has 0 amide bonds. The van der Waals surface area contributed by atoms with E-state index in [-0.39, 0.29) is 96.3 Å². The van der Waals surface area contributed by atoms with Crippen LogP contribution in [-0.2, 0) is 41.9 Å². The van der Waals surface area contributed by atoms with Crippen molar-refractivity contribution in [3.05, 3.63) is 159 Å². The maximum atomic E-state index is 16.4.